The van der Waals surface area contributed by atoms with E-state index in [4.69, 9.17) is 4.74 Å². The van der Waals surface area contributed by atoms with Gasteiger partial charge in [-0.2, -0.15) is 0 Å². The number of nitrogens with zero attached hydrogens (tertiary/aromatic N) is 2. The van der Waals surface area contributed by atoms with E-state index in [0.29, 0.717) is 28.8 Å². The highest BCUT2D eigenvalue weighted by Crippen LogP contribution is 2.65. The third-order valence-corrected chi connectivity index (χ3v) is 9.41. The van der Waals surface area contributed by atoms with Gasteiger partial charge in [0.05, 0.1) is 23.4 Å². The molecular formula is C31H30N2O5. The minimum absolute atomic E-state index is 0.0898. The van der Waals surface area contributed by atoms with Crippen LogP contribution in [0.15, 0.2) is 54.6 Å². The Labute approximate surface area is 221 Å². The van der Waals surface area contributed by atoms with Gasteiger partial charge in [0.2, 0.25) is 17.7 Å². The standard InChI is InChI=1S/C31H30N2O5/c1-3-17-6-4-5-7-25(17)32-15-18(13-26(32)34)31(37)38-19-8-11-24(16(2)12-19)33-29(35)27-20-9-10-21(23-14-22(20)23)28(27)30(33)36/h4-12,18,20-23,27-28H,3,13-15H2,1-2H3/t18-,20+,21+,22+,23+,27-,28-/m1/s1. The van der Waals surface area contributed by atoms with Crippen LogP contribution in [0.4, 0.5) is 11.4 Å². The van der Waals surface area contributed by atoms with Crippen LogP contribution in [-0.4, -0.2) is 30.2 Å². The molecule has 0 unspecified atom stereocenters. The molecule has 2 bridgehead atoms. The van der Waals surface area contributed by atoms with Gasteiger partial charge in [-0.1, -0.05) is 37.3 Å². The van der Waals surface area contributed by atoms with Gasteiger partial charge >= 0.3 is 5.97 Å². The first-order valence-electron chi connectivity index (χ1n) is 13.6. The summed E-state index contributed by atoms with van der Waals surface area (Å²) in [5, 5.41) is 0. The number of carbonyl (C=O) groups excluding carboxylic acids is 4. The number of rotatable bonds is 5. The van der Waals surface area contributed by atoms with Gasteiger partial charge in [0, 0.05) is 18.7 Å². The summed E-state index contributed by atoms with van der Waals surface area (Å²) in [6.45, 7) is 4.14. The van der Waals surface area contributed by atoms with E-state index >= 15 is 0 Å². The number of hydrogen-bond acceptors (Lipinski definition) is 5. The highest BCUT2D eigenvalue weighted by molar-refractivity contribution is 6.23. The van der Waals surface area contributed by atoms with Crippen molar-refractivity contribution in [3.8, 4) is 5.75 Å². The SMILES string of the molecule is CCc1ccccc1N1C[C@H](C(=O)Oc2ccc(N3C(=O)[C@@H]4[C@H]5C=C[C@@H]([C@@H]6C[C@@H]56)[C@H]4C3=O)c(C)c2)CC1=O. The first kappa shape index (κ1) is 23.4. The highest BCUT2D eigenvalue weighted by atomic mass is 16.5. The molecule has 8 rings (SSSR count). The van der Waals surface area contributed by atoms with Crippen molar-refractivity contribution in [3.63, 3.8) is 0 Å². The number of imide groups is 1. The number of anilines is 2. The topological polar surface area (TPSA) is 84.0 Å². The van der Waals surface area contributed by atoms with Gasteiger partial charge in [-0.05, 0) is 78.8 Å². The Hall–Kier alpha value is -3.74. The van der Waals surface area contributed by atoms with Crippen LogP contribution in [0.3, 0.4) is 0 Å². The number of aryl methyl sites for hydroxylation is 2. The van der Waals surface area contributed by atoms with Crippen molar-refractivity contribution in [2.75, 3.05) is 16.3 Å². The number of carbonyl (C=O) groups is 4. The molecule has 3 amide bonds. The van der Waals surface area contributed by atoms with Gasteiger partial charge in [-0.3, -0.25) is 19.2 Å². The summed E-state index contributed by atoms with van der Waals surface area (Å²) in [6.07, 6.45) is 6.36. The van der Waals surface area contributed by atoms with E-state index in [1.165, 1.54) is 4.90 Å². The molecule has 7 nitrogen and oxygen atoms in total. The maximum atomic E-state index is 13.5. The van der Waals surface area contributed by atoms with Gasteiger partial charge in [0.25, 0.3) is 0 Å². The summed E-state index contributed by atoms with van der Waals surface area (Å²) in [7, 11) is 0. The summed E-state index contributed by atoms with van der Waals surface area (Å²) in [5.74, 6) is -0.00985. The predicted octanol–water partition coefficient (Wildman–Crippen LogP) is 4.07. The first-order chi connectivity index (χ1) is 18.4. The third kappa shape index (κ3) is 3.33. The van der Waals surface area contributed by atoms with Gasteiger partial charge in [-0.15, -0.1) is 0 Å². The molecular weight excluding hydrogens is 480 g/mol. The second kappa shape index (κ2) is 8.38. The summed E-state index contributed by atoms with van der Waals surface area (Å²) >= 11 is 0. The van der Waals surface area contributed by atoms with Crippen molar-refractivity contribution < 1.29 is 23.9 Å². The van der Waals surface area contributed by atoms with Crippen LogP contribution < -0.4 is 14.5 Å². The average Bonchev–Trinajstić information content (AvgIpc) is 3.60. The molecule has 4 aliphatic carbocycles. The molecule has 0 radical (unpaired) electrons. The Morgan fingerprint density at radius 3 is 2.29 bits per heavy atom. The van der Waals surface area contributed by atoms with Crippen molar-refractivity contribution in [2.24, 2.45) is 41.4 Å². The van der Waals surface area contributed by atoms with Crippen LogP contribution in [0.25, 0.3) is 0 Å². The van der Waals surface area contributed by atoms with E-state index in [1.54, 1.807) is 23.1 Å². The molecule has 0 N–H and O–H groups in total. The minimum Gasteiger partial charge on any atom is -0.426 e. The minimum atomic E-state index is -0.563. The number of esters is 1. The van der Waals surface area contributed by atoms with Crippen LogP contribution in [0.5, 0.6) is 5.75 Å². The second-order valence-corrected chi connectivity index (χ2v) is 11.4. The van der Waals surface area contributed by atoms with Gasteiger partial charge in [-0.25, -0.2) is 4.90 Å². The third-order valence-electron chi connectivity index (χ3n) is 9.41. The molecule has 38 heavy (non-hydrogen) atoms. The molecule has 2 aromatic carbocycles. The first-order valence-corrected chi connectivity index (χ1v) is 13.6. The van der Waals surface area contributed by atoms with Crippen LogP contribution in [0.1, 0.15) is 30.9 Å². The van der Waals surface area contributed by atoms with Crippen LogP contribution >= 0.6 is 0 Å². The van der Waals surface area contributed by atoms with E-state index in [0.717, 1.165) is 24.1 Å². The lowest BCUT2D eigenvalue weighted by Crippen LogP contribution is -2.40. The molecule has 2 aromatic rings. The van der Waals surface area contributed by atoms with E-state index in [1.807, 2.05) is 38.1 Å². The molecule has 0 spiro atoms. The second-order valence-electron chi connectivity index (χ2n) is 11.4. The summed E-state index contributed by atoms with van der Waals surface area (Å²) < 4.78 is 5.68. The average molecular weight is 511 g/mol. The lowest BCUT2D eigenvalue weighted by molar-refractivity contribution is -0.139. The Morgan fingerprint density at radius 1 is 0.947 bits per heavy atom. The fraction of sp³-hybridized carbons (Fsp3) is 0.419. The zero-order chi connectivity index (χ0) is 26.3. The van der Waals surface area contributed by atoms with E-state index in [2.05, 4.69) is 12.2 Å². The van der Waals surface area contributed by atoms with Crippen molar-refractivity contribution in [1.29, 1.82) is 0 Å². The predicted molar refractivity (Wildman–Crippen MR) is 140 cm³/mol. The molecule has 0 aromatic heterocycles. The lowest BCUT2D eigenvalue weighted by Gasteiger charge is -2.37. The molecule has 194 valence electrons. The monoisotopic (exact) mass is 510 g/mol. The van der Waals surface area contributed by atoms with E-state index in [9.17, 15) is 19.2 Å². The Morgan fingerprint density at radius 2 is 1.63 bits per heavy atom. The zero-order valence-electron chi connectivity index (χ0n) is 21.5. The van der Waals surface area contributed by atoms with Crippen LogP contribution in [0.2, 0.25) is 0 Å². The van der Waals surface area contributed by atoms with E-state index in [-0.39, 0.29) is 54.4 Å². The summed E-state index contributed by atoms with van der Waals surface area (Å²) in [6, 6.07) is 12.8. The van der Waals surface area contributed by atoms with Crippen molar-refractivity contribution in [1.82, 2.24) is 0 Å². The maximum absolute atomic E-state index is 13.5. The molecule has 6 aliphatic rings. The fourth-order valence-electron chi connectivity index (χ4n) is 7.51. The molecule has 2 heterocycles. The van der Waals surface area contributed by atoms with Crippen molar-refractivity contribution >= 4 is 35.1 Å². The normalized spacial score (nSPS) is 32.6. The largest absolute Gasteiger partial charge is 0.426 e. The Bertz CT molecular complexity index is 1390. The molecule has 2 saturated carbocycles. The molecule has 2 saturated heterocycles. The molecule has 7 heteroatoms. The molecule has 7 atom stereocenters. The van der Waals surface area contributed by atoms with E-state index < -0.39 is 11.9 Å². The smallest absolute Gasteiger partial charge is 0.316 e. The molecule has 2 aliphatic heterocycles. The highest BCUT2D eigenvalue weighted by Gasteiger charge is 2.67. The number of benzene rings is 2. The van der Waals surface area contributed by atoms with Gasteiger partial charge in [0.15, 0.2) is 0 Å². The summed E-state index contributed by atoms with van der Waals surface area (Å²) in [4.78, 5) is 55.7. The number of amides is 3. The fourth-order valence-corrected chi connectivity index (χ4v) is 7.51. The lowest BCUT2D eigenvalue weighted by atomic mass is 9.63. The summed E-state index contributed by atoms with van der Waals surface area (Å²) in [5.41, 5.74) is 3.16. The van der Waals surface area contributed by atoms with Gasteiger partial charge < -0.3 is 9.64 Å². The molecule has 4 fully saturated rings. The Balaban J connectivity index is 1.07. The van der Waals surface area contributed by atoms with Crippen LogP contribution in [0, 0.1) is 48.3 Å². The van der Waals surface area contributed by atoms with Gasteiger partial charge in [0.1, 0.15) is 5.75 Å². The quantitative estimate of drug-likeness (QED) is 0.262. The number of allylic oxidation sites excluding steroid dienone is 2. The zero-order valence-corrected chi connectivity index (χ0v) is 21.5. The van der Waals surface area contributed by atoms with Crippen molar-refractivity contribution in [3.05, 3.63) is 65.7 Å². The Kier molecular flexibility index (Phi) is 5.16. The number of hydrogen-bond donors (Lipinski definition) is 0. The van der Waals surface area contributed by atoms with Crippen molar-refractivity contribution in [2.45, 2.75) is 33.1 Å². The maximum Gasteiger partial charge on any atom is 0.316 e. The number of ether oxygens (including phenoxy) is 1. The van der Waals surface area contributed by atoms with Crippen LogP contribution in [-0.2, 0) is 25.6 Å². The number of para-hydroxylation sites is 1.